The molecule has 2 aromatic heterocycles. The number of hydrogen-bond donors (Lipinski definition) is 3. The lowest BCUT2D eigenvalue weighted by atomic mass is 10.1. The van der Waals surface area contributed by atoms with Gasteiger partial charge in [0.1, 0.15) is 17.3 Å². The highest BCUT2D eigenvalue weighted by Gasteiger charge is 2.13. The highest BCUT2D eigenvalue weighted by molar-refractivity contribution is 9.10. The number of carbonyl (C=O) groups is 1. The van der Waals surface area contributed by atoms with Crippen molar-refractivity contribution in [3.05, 3.63) is 64.2 Å². The largest absolute Gasteiger partial charge is 0.497 e. The maximum atomic E-state index is 12.3. The predicted molar refractivity (Wildman–Crippen MR) is 136 cm³/mol. The molecule has 0 aliphatic carbocycles. The van der Waals surface area contributed by atoms with Gasteiger partial charge in [0.2, 0.25) is 0 Å². The first-order valence-electron chi connectivity index (χ1n) is 10.3. The number of benzene rings is 2. The van der Waals surface area contributed by atoms with E-state index in [0.717, 1.165) is 10.0 Å². The van der Waals surface area contributed by atoms with E-state index in [0.29, 0.717) is 52.5 Å². The maximum Gasteiger partial charge on any atom is 0.319 e. The van der Waals surface area contributed by atoms with Crippen LogP contribution in [-0.4, -0.2) is 47.9 Å². The Balaban J connectivity index is 1.42. The molecular weight excluding hydrogens is 524 g/mol. The molecule has 0 fully saturated rings. The number of urea groups is 1. The molecule has 176 valence electrons. The highest BCUT2D eigenvalue weighted by atomic mass is 79.9. The molecule has 34 heavy (non-hydrogen) atoms. The molecule has 0 aliphatic heterocycles. The first kappa shape index (κ1) is 23.7. The van der Waals surface area contributed by atoms with Crippen molar-refractivity contribution >= 4 is 50.7 Å². The van der Waals surface area contributed by atoms with Gasteiger partial charge in [-0.25, -0.2) is 9.78 Å². The number of methoxy groups -OCH3 is 2. The van der Waals surface area contributed by atoms with Crippen LogP contribution in [0.1, 0.15) is 0 Å². The number of anilines is 2. The quantitative estimate of drug-likeness (QED) is 0.268. The molecule has 2 heterocycles. The second-order valence-electron chi connectivity index (χ2n) is 7.14. The fourth-order valence-corrected chi connectivity index (χ4v) is 3.87. The smallest absolute Gasteiger partial charge is 0.319 e. The molecule has 0 unspecified atom stereocenters. The Morgan fingerprint density at radius 3 is 2.53 bits per heavy atom. The van der Waals surface area contributed by atoms with Crippen molar-refractivity contribution in [3.8, 4) is 22.8 Å². The molecule has 0 spiro atoms. The van der Waals surface area contributed by atoms with Crippen LogP contribution in [0, 0.1) is 0 Å². The second kappa shape index (κ2) is 10.6. The molecule has 0 saturated carbocycles. The molecule has 2 aromatic carbocycles. The van der Waals surface area contributed by atoms with Crippen LogP contribution < -0.4 is 25.4 Å². The van der Waals surface area contributed by atoms with Crippen molar-refractivity contribution in [2.75, 3.05) is 37.9 Å². The summed E-state index contributed by atoms with van der Waals surface area (Å²) in [4.78, 5) is 17.0. The van der Waals surface area contributed by atoms with E-state index in [1.807, 2.05) is 30.3 Å². The number of rotatable bonds is 8. The fourth-order valence-electron chi connectivity index (χ4n) is 3.29. The Morgan fingerprint density at radius 2 is 1.82 bits per heavy atom. The van der Waals surface area contributed by atoms with Gasteiger partial charge in [-0.05, 0) is 22.0 Å². The number of carbonyl (C=O) groups excluding carboxylic acids is 1. The summed E-state index contributed by atoms with van der Waals surface area (Å²) in [5, 5.41) is 13.9. The SMILES string of the molecule is COc1cc(NC(=O)NCCNc2cc(-c3ccccc3Cl)nc3c(Br)cnn23)cc(OC)c1. The van der Waals surface area contributed by atoms with Gasteiger partial charge in [-0.15, -0.1) is 0 Å². The van der Waals surface area contributed by atoms with Crippen LogP contribution in [0.2, 0.25) is 5.02 Å². The van der Waals surface area contributed by atoms with Crippen molar-refractivity contribution < 1.29 is 14.3 Å². The van der Waals surface area contributed by atoms with Gasteiger partial charge in [-0.1, -0.05) is 29.8 Å². The minimum Gasteiger partial charge on any atom is -0.497 e. The minimum absolute atomic E-state index is 0.351. The van der Waals surface area contributed by atoms with Crippen molar-refractivity contribution in [1.82, 2.24) is 19.9 Å². The van der Waals surface area contributed by atoms with E-state index in [1.54, 1.807) is 43.1 Å². The van der Waals surface area contributed by atoms with Crippen LogP contribution in [0.25, 0.3) is 16.9 Å². The van der Waals surface area contributed by atoms with Crippen LogP contribution in [0.4, 0.5) is 16.3 Å². The van der Waals surface area contributed by atoms with Gasteiger partial charge in [0.25, 0.3) is 0 Å². The number of hydrogen-bond acceptors (Lipinski definition) is 6. The van der Waals surface area contributed by atoms with E-state index >= 15 is 0 Å². The van der Waals surface area contributed by atoms with Crippen LogP contribution in [-0.2, 0) is 0 Å². The van der Waals surface area contributed by atoms with E-state index in [9.17, 15) is 4.79 Å². The summed E-state index contributed by atoms with van der Waals surface area (Å²) in [6, 6.07) is 14.2. The van der Waals surface area contributed by atoms with Gasteiger partial charge >= 0.3 is 6.03 Å². The van der Waals surface area contributed by atoms with Crippen molar-refractivity contribution in [1.29, 1.82) is 0 Å². The highest BCUT2D eigenvalue weighted by Crippen LogP contribution is 2.30. The Labute approximate surface area is 209 Å². The third kappa shape index (κ3) is 5.35. The van der Waals surface area contributed by atoms with Crippen LogP contribution in [0.5, 0.6) is 11.5 Å². The van der Waals surface area contributed by atoms with Gasteiger partial charge in [-0.3, -0.25) is 0 Å². The molecule has 0 bridgehead atoms. The zero-order valence-corrected chi connectivity index (χ0v) is 20.8. The number of nitrogens with zero attached hydrogens (tertiary/aromatic N) is 3. The molecule has 4 rings (SSSR count). The van der Waals surface area contributed by atoms with Crippen LogP contribution >= 0.6 is 27.5 Å². The summed E-state index contributed by atoms with van der Waals surface area (Å²) in [7, 11) is 3.10. The number of nitrogens with one attached hydrogen (secondary N) is 3. The lowest BCUT2D eigenvalue weighted by molar-refractivity contribution is 0.252. The molecule has 0 saturated heterocycles. The second-order valence-corrected chi connectivity index (χ2v) is 8.40. The average molecular weight is 546 g/mol. The number of aromatic nitrogens is 3. The van der Waals surface area contributed by atoms with Gasteiger partial charge in [0, 0.05) is 53.6 Å². The summed E-state index contributed by atoms with van der Waals surface area (Å²) in [5.41, 5.74) is 2.73. The Morgan fingerprint density at radius 1 is 1.09 bits per heavy atom. The molecule has 2 amide bonds. The average Bonchev–Trinajstić information content (AvgIpc) is 3.22. The standard InChI is InChI=1S/C23H22BrClN6O3/c1-33-15-9-14(10-16(11-15)34-2)29-23(32)27-8-7-26-21-12-20(17-5-3-4-6-19(17)25)30-22-18(24)13-28-31(21)22/h3-6,9-13,26H,7-8H2,1-2H3,(H2,27,29,32). The minimum atomic E-state index is -0.351. The third-order valence-electron chi connectivity index (χ3n) is 4.90. The lowest BCUT2D eigenvalue weighted by Gasteiger charge is -2.13. The maximum absolute atomic E-state index is 12.3. The topological polar surface area (TPSA) is 102 Å². The summed E-state index contributed by atoms with van der Waals surface area (Å²) in [6.07, 6.45) is 1.68. The number of ether oxygens (including phenoxy) is 2. The zero-order chi connectivity index (χ0) is 24.1. The normalized spacial score (nSPS) is 10.7. The first-order valence-corrected chi connectivity index (χ1v) is 11.5. The van der Waals surface area contributed by atoms with Crippen molar-refractivity contribution in [2.45, 2.75) is 0 Å². The van der Waals surface area contributed by atoms with Gasteiger partial charge in [0.15, 0.2) is 5.65 Å². The Hall–Kier alpha value is -3.50. The molecule has 0 radical (unpaired) electrons. The van der Waals surface area contributed by atoms with E-state index in [-0.39, 0.29) is 6.03 Å². The first-order chi connectivity index (χ1) is 16.5. The molecular formula is C23H22BrClN6O3. The summed E-state index contributed by atoms with van der Waals surface area (Å²) in [6.45, 7) is 0.814. The predicted octanol–water partition coefficient (Wildman–Crippen LogP) is 5.06. The molecule has 0 atom stereocenters. The molecule has 0 aliphatic rings. The van der Waals surface area contributed by atoms with Crippen LogP contribution in [0.3, 0.4) is 0 Å². The summed E-state index contributed by atoms with van der Waals surface area (Å²) >= 11 is 9.87. The zero-order valence-electron chi connectivity index (χ0n) is 18.4. The summed E-state index contributed by atoms with van der Waals surface area (Å²) in [5.74, 6) is 1.88. The van der Waals surface area contributed by atoms with E-state index < -0.39 is 0 Å². The van der Waals surface area contributed by atoms with Crippen molar-refractivity contribution in [3.63, 3.8) is 0 Å². The summed E-state index contributed by atoms with van der Waals surface area (Å²) < 4.78 is 12.9. The Bertz CT molecular complexity index is 1310. The van der Waals surface area contributed by atoms with Gasteiger partial charge < -0.3 is 25.4 Å². The number of fused-ring (bicyclic) bond motifs is 1. The molecule has 11 heteroatoms. The number of halogens is 2. The molecule has 9 nitrogen and oxygen atoms in total. The molecule has 4 aromatic rings. The Kier molecular flexibility index (Phi) is 7.39. The van der Waals surface area contributed by atoms with E-state index in [2.05, 4.69) is 42.0 Å². The van der Waals surface area contributed by atoms with E-state index in [4.69, 9.17) is 21.1 Å². The fraction of sp³-hybridized carbons (Fsp3) is 0.174. The monoisotopic (exact) mass is 544 g/mol. The third-order valence-corrected chi connectivity index (χ3v) is 5.79. The van der Waals surface area contributed by atoms with E-state index in [1.165, 1.54) is 0 Å². The van der Waals surface area contributed by atoms with Crippen LogP contribution in [0.15, 0.2) is 59.2 Å². The van der Waals surface area contributed by atoms with Crippen molar-refractivity contribution in [2.24, 2.45) is 0 Å². The van der Waals surface area contributed by atoms with Gasteiger partial charge in [-0.2, -0.15) is 9.61 Å². The lowest BCUT2D eigenvalue weighted by Crippen LogP contribution is -2.32. The van der Waals surface area contributed by atoms with Gasteiger partial charge in [0.05, 0.1) is 30.6 Å². The molecule has 3 N–H and O–H groups in total. The number of amides is 2.